The van der Waals surface area contributed by atoms with Crippen molar-refractivity contribution in [1.82, 2.24) is 24.9 Å². The van der Waals surface area contributed by atoms with Crippen LogP contribution in [-0.2, 0) is 6.54 Å². The van der Waals surface area contributed by atoms with Gasteiger partial charge in [-0.2, -0.15) is 5.10 Å². The largest absolute Gasteiger partial charge is 0.483 e. The zero-order valence-electron chi connectivity index (χ0n) is 17.1. The zero-order chi connectivity index (χ0) is 21.8. The molecule has 3 aliphatic rings. The molecule has 2 N–H and O–H groups in total. The first-order valence-corrected chi connectivity index (χ1v) is 10.6. The molecule has 1 saturated carbocycles. The fourth-order valence-corrected chi connectivity index (χ4v) is 4.68. The molecule has 0 saturated heterocycles. The molecule has 1 aliphatic carbocycles. The Morgan fingerprint density at radius 2 is 2.19 bits per heavy atom. The van der Waals surface area contributed by atoms with Crippen LogP contribution in [0.25, 0.3) is 5.65 Å². The topological polar surface area (TPSA) is 114 Å². The Morgan fingerprint density at radius 3 is 3.09 bits per heavy atom. The fraction of sp³-hybridized carbons (Fsp3) is 0.429. The highest BCUT2D eigenvalue weighted by Crippen LogP contribution is 2.42. The van der Waals surface area contributed by atoms with Gasteiger partial charge in [0.25, 0.3) is 5.91 Å². The van der Waals surface area contributed by atoms with E-state index in [1.807, 2.05) is 0 Å². The van der Waals surface area contributed by atoms with Crippen molar-refractivity contribution in [2.24, 2.45) is 0 Å². The first-order chi connectivity index (χ1) is 15.6. The standard InChI is InChI=1S/C21H21FN6O4/c22-12-4-11-8-27-15-2-1-3-16(15)32-17-9-28-18(26-19(17)27)14(7-25-28)20(30)23-6-13(29)10-31-21(11)24-5-12/h4-5,7,9,13,15-16,29H,1-3,6,8,10H2,(H,23,30)/t13-,15+,16-/m0/s1. The van der Waals surface area contributed by atoms with Crippen LogP contribution in [0, 0.1) is 5.82 Å². The minimum absolute atomic E-state index is 0.0216. The molecule has 0 aromatic carbocycles. The van der Waals surface area contributed by atoms with Gasteiger partial charge in [0, 0.05) is 12.1 Å². The third-order valence-electron chi connectivity index (χ3n) is 6.20. The molecule has 10 nitrogen and oxygen atoms in total. The van der Waals surface area contributed by atoms with E-state index >= 15 is 0 Å². The molecule has 3 aromatic rings. The summed E-state index contributed by atoms with van der Waals surface area (Å²) in [6.45, 7) is 0.169. The molecule has 2 bridgehead atoms. The van der Waals surface area contributed by atoms with Gasteiger partial charge < -0.3 is 24.8 Å². The number of amides is 1. The lowest BCUT2D eigenvalue weighted by Gasteiger charge is -2.39. The molecule has 0 spiro atoms. The Labute approximate surface area is 182 Å². The maximum absolute atomic E-state index is 14.1. The Bertz CT molecular complexity index is 1220. The number of nitrogens with one attached hydrogen (secondary N) is 1. The molecule has 2 aliphatic heterocycles. The van der Waals surface area contributed by atoms with Crippen LogP contribution in [0.4, 0.5) is 10.2 Å². The van der Waals surface area contributed by atoms with Crippen molar-refractivity contribution < 1.29 is 23.8 Å². The number of carbonyl (C=O) groups excluding carboxylic acids is 1. The number of halogens is 1. The number of anilines is 1. The molecule has 6 rings (SSSR count). The van der Waals surface area contributed by atoms with Gasteiger partial charge in [0.2, 0.25) is 5.88 Å². The first-order valence-electron chi connectivity index (χ1n) is 10.6. The highest BCUT2D eigenvalue weighted by atomic mass is 19.1. The van der Waals surface area contributed by atoms with Crippen molar-refractivity contribution in [2.75, 3.05) is 18.1 Å². The van der Waals surface area contributed by atoms with Crippen molar-refractivity contribution in [3.63, 3.8) is 0 Å². The second-order valence-electron chi connectivity index (χ2n) is 8.33. The smallest absolute Gasteiger partial charge is 0.256 e. The average Bonchev–Trinajstić information content (AvgIpc) is 3.41. The SMILES string of the molecule is O=C1NC[C@H](O)COc2ncc(F)cc2CN2c3nc4c1cnn4cc3O[C@H]1CCC[C@H]12. The van der Waals surface area contributed by atoms with Gasteiger partial charge in [-0.3, -0.25) is 4.79 Å². The number of rotatable bonds is 0. The summed E-state index contributed by atoms with van der Waals surface area (Å²) < 4.78 is 27.6. The fourth-order valence-electron chi connectivity index (χ4n) is 4.68. The van der Waals surface area contributed by atoms with Gasteiger partial charge in [-0.1, -0.05) is 0 Å². The predicted octanol–water partition coefficient (Wildman–Crippen LogP) is 1.07. The summed E-state index contributed by atoms with van der Waals surface area (Å²) in [5.74, 6) is 0.500. The summed E-state index contributed by atoms with van der Waals surface area (Å²) in [7, 11) is 0. The molecule has 166 valence electrons. The highest BCUT2D eigenvalue weighted by molar-refractivity contribution is 5.99. The highest BCUT2D eigenvalue weighted by Gasteiger charge is 2.41. The van der Waals surface area contributed by atoms with Crippen LogP contribution >= 0.6 is 0 Å². The molecular weight excluding hydrogens is 419 g/mol. The van der Waals surface area contributed by atoms with Gasteiger partial charge in [-0.25, -0.2) is 18.9 Å². The maximum atomic E-state index is 14.1. The van der Waals surface area contributed by atoms with Crippen molar-refractivity contribution in [3.8, 4) is 11.6 Å². The van der Waals surface area contributed by atoms with E-state index in [0.29, 0.717) is 34.9 Å². The second kappa shape index (κ2) is 7.30. The number of hydrogen-bond acceptors (Lipinski definition) is 8. The van der Waals surface area contributed by atoms with Gasteiger partial charge in [0.1, 0.15) is 30.2 Å². The molecule has 3 aromatic heterocycles. The van der Waals surface area contributed by atoms with E-state index in [1.54, 1.807) is 6.20 Å². The number of nitrogens with zero attached hydrogens (tertiary/aromatic N) is 5. The molecular formula is C21H21FN6O4. The molecule has 11 heteroatoms. The van der Waals surface area contributed by atoms with E-state index in [-0.39, 0.29) is 31.2 Å². The second-order valence-corrected chi connectivity index (χ2v) is 8.33. The van der Waals surface area contributed by atoms with Crippen LogP contribution in [0.5, 0.6) is 11.6 Å². The number of fused-ring (bicyclic) bond motifs is 3. The number of β-amino-alcohol motifs (C(OH)–C–C–N with tert-alkyl or cyclic N) is 1. The van der Waals surface area contributed by atoms with Gasteiger partial charge in [0.05, 0.1) is 31.2 Å². The van der Waals surface area contributed by atoms with Gasteiger partial charge in [0.15, 0.2) is 17.2 Å². The molecule has 5 heterocycles. The zero-order valence-corrected chi connectivity index (χ0v) is 17.1. The molecule has 3 atom stereocenters. The molecule has 32 heavy (non-hydrogen) atoms. The lowest BCUT2D eigenvalue weighted by atomic mass is 10.1. The number of aromatic nitrogens is 4. The summed E-state index contributed by atoms with van der Waals surface area (Å²) in [5.41, 5.74) is 1.22. The van der Waals surface area contributed by atoms with Crippen LogP contribution in [0.15, 0.2) is 24.7 Å². The van der Waals surface area contributed by atoms with Crippen molar-refractivity contribution >= 4 is 17.4 Å². The number of hydrogen-bond donors (Lipinski definition) is 2. The van der Waals surface area contributed by atoms with Crippen LogP contribution < -0.4 is 19.7 Å². The van der Waals surface area contributed by atoms with Crippen molar-refractivity contribution in [2.45, 2.75) is 44.1 Å². The van der Waals surface area contributed by atoms with E-state index in [9.17, 15) is 14.3 Å². The van der Waals surface area contributed by atoms with E-state index in [0.717, 1.165) is 25.5 Å². The minimum Gasteiger partial charge on any atom is -0.483 e. The van der Waals surface area contributed by atoms with Crippen molar-refractivity contribution in [1.29, 1.82) is 0 Å². The van der Waals surface area contributed by atoms with Crippen LogP contribution in [-0.4, -0.2) is 62.0 Å². The van der Waals surface area contributed by atoms with E-state index in [4.69, 9.17) is 14.5 Å². The van der Waals surface area contributed by atoms with E-state index in [2.05, 4.69) is 20.3 Å². The number of pyridine rings is 1. The number of carbonyl (C=O) groups is 1. The third kappa shape index (κ3) is 3.11. The average molecular weight is 440 g/mol. The molecule has 0 radical (unpaired) electrons. The van der Waals surface area contributed by atoms with Crippen molar-refractivity contribution in [3.05, 3.63) is 41.6 Å². The lowest BCUT2D eigenvalue weighted by molar-refractivity contribution is 0.0835. The summed E-state index contributed by atoms with van der Waals surface area (Å²) >= 11 is 0. The Kier molecular flexibility index (Phi) is 4.39. The lowest BCUT2D eigenvalue weighted by Crippen LogP contribution is -2.47. The minimum atomic E-state index is -0.971. The van der Waals surface area contributed by atoms with Gasteiger partial charge in [-0.05, 0) is 25.3 Å². The Balaban J connectivity index is 1.53. The number of aliphatic hydroxyl groups is 1. The Morgan fingerprint density at radius 1 is 1.28 bits per heavy atom. The summed E-state index contributed by atoms with van der Waals surface area (Å²) in [6.07, 6.45) is 6.07. The summed E-state index contributed by atoms with van der Waals surface area (Å²) in [5, 5.41) is 17.2. The first kappa shape index (κ1) is 19.2. The van der Waals surface area contributed by atoms with E-state index in [1.165, 1.54) is 16.8 Å². The van der Waals surface area contributed by atoms with E-state index < -0.39 is 17.8 Å². The predicted molar refractivity (Wildman–Crippen MR) is 109 cm³/mol. The van der Waals surface area contributed by atoms with Gasteiger partial charge >= 0.3 is 0 Å². The maximum Gasteiger partial charge on any atom is 0.256 e. The quantitative estimate of drug-likeness (QED) is 0.534. The third-order valence-corrected chi connectivity index (χ3v) is 6.20. The molecule has 1 amide bonds. The van der Waals surface area contributed by atoms with Gasteiger partial charge in [-0.15, -0.1) is 0 Å². The number of aliphatic hydroxyl groups excluding tert-OH is 1. The normalized spacial score (nSPS) is 24.9. The van der Waals surface area contributed by atoms with Crippen LogP contribution in [0.1, 0.15) is 35.2 Å². The van der Waals surface area contributed by atoms with Crippen LogP contribution in [0.3, 0.4) is 0 Å². The summed E-state index contributed by atoms with van der Waals surface area (Å²) in [6, 6.07) is 1.44. The monoisotopic (exact) mass is 440 g/mol. The molecule has 1 fully saturated rings. The van der Waals surface area contributed by atoms with Crippen LogP contribution in [0.2, 0.25) is 0 Å². The Hall–Kier alpha value is -3.47. The molecule has 0 unspecified atom stereocenters. The summed E-state index contributed by atoms with van der Waals surface area (Å²) in [4.78, 5) is 23.7. The number of ether oxygens (including phenoxy) is 2.